The first kappa shape index (κ1) is 14.4. The molecule has 1 aromatic rings. The van der Waals surface area contributed by atoms with Gasteiger partial charge in [0.15, 0.2) is 0 Å². The van der Waals surface area contributed by atoms with Crippen LogP contribution in [0, 0.1) is 0 Å². The lowest BCUT2D eigenvalue weighted by molar-refractivity contribution is 0.342. The maximum Gasteiger partial charge on any atom is 0.325 e. The number of rotatable bonds is 5. The molecule has 0 N–H and O–H groups in total. The van der Waals surface area contributed by atoms with Gasteiger partial charge in [0.2, 0.25) is 0 Å². The summed E-state index contributed by atoms with van der Waals surface area (Å²) < 4.78 is 26.4. The molecule has 1 aromatic carbocycles. The topological polar surface area (TPSA) is 55.7 Å². The zero-order valence-electron chi connectivity index (χ0n) is 10.8. The number of hydrogen-bond acceptors (Lipinski definition) is 4. The average Bonchev–Trinajstić information content (AvgIpc) is 2.28. The fourth-order valence-corrected chi connectivity index (χ4v) is 1.75. The predicted octanol–water partition coefficient (Wildman–Crippen LogP) is 2.81. The molecule has 18 heavy (non-hydrogen) atoms. The summed E-state index contributed by atoms with van der Waals surface area (Å²) in [4.78, 5) is 0. The Labute approximate surface area is 108 Å². The molecule has 0 aliphatic heterocycles. The summed E-state index contributed by atoms with van der Waals surface area (Å²) in [6.07, 6.45) is 1.54. The zero-order valence-corrected chi connectivity index (χ0v) is 11.6. The first-order valence-corrected chi connectivity index (χ1v) is 7.37. The van der Waals surface area contributed by atoms with Crippen molar-refractivity contribution in [1.82, 2.24) is 0 Å². The molecule has 0 fully saturated rings. The quantitative estimate of drug-likeness (QED) is 0.609. The summed E-state index contributed by atoms with van der Waals surface area (Å²) in [6, 6.07) is 7.56. The Bertz CT molecular complexity index is 574. The van der Waals surface area contributed by atoms with Crippen LogP contribution in [0.4, 0.5) is 0 Å². The first-order valence-electron chi connectivity index (χ1n) is 5.56. The van der Waals surface area contributed by atoms with Gasteiger partial charge in [0, 0.05) is 5.56 Å². The van der Waals surface area contributed by atoms with Gasteiger partial charge in [-0.1, -0.05) is 48.5 Å². The molecule has 0 saturated carbocycles. The van der Waals surface area contributed by atoms with Crippen LogP contribution in [0.3, 0.4) is 0 Å². The van der Waals surface area contributed by atoms with E-state index in [4.69, 9.17) is 0 Å². The standard InChI is InChI=1S/C13H17NO3S/c1-5-13(14-17-18(4,15)16)12-9-7-6-8-11(12)10(2)3/h6-9H,2,5H2,1,3-4H3. The van der Waals surface area contributed by atoms with E-state index >= 15 is 0 Å². The molecule has 0 aromatic heterocycles. The van der Waals surface area contributed by atoms with Crippen LogP contribution in [0.2, 0.25) is 0 Å². The molecule has 0 saturated heterocycles. The van der Waals surface area contributed by atoms with E-state index in [1.54, 1.807) is 0 Å². The average molecular weight is 267 g/mol. The van der Waals surface area contributed by atoms with E-state index in [1.165, 1.54) is 0 Å². The van der Waals surface area contributed by atoms with Gasteiger partial charge in [-0.05, 0) is 18.9 Å². The summed E-state index contributed by atoms with van der Waals surface area (Å²) in [5.41, 5.74) is 3.26. The number of benzene rings is 1. The van der Waals surface area contributed by atoms with Crippen LogP contribution in [-0.4, -0.2) is 20.4 Å². The highest BCUT2D eigenvalue weighted by molar-refractivity contribution is 7.85. The fraction of sp³-hybridized carbons (Fsp3) is 0.308. The van der Waals surface area contributed by atoms with E-state index < -0.39 is 10.1 Å². The highest BCUT2D eigenvalue weighted by Crippen LogP contribution is 2.19. The van der Waals surface area contributed by atoms with Gasteiger partial charge in [0.05, 0.1) is 12.0 Å². The molecule has 0 atom stereocenters. The maximum atomic E-state index is 11.0. The van der Waals surface area contributed by atoms with Crippen molar-refractivity contribution >= 4 is 21.4 Å². The molecule has 0 amide bonds. The number of nitrogens with zero attached hydrogens (tertiary/aromatic N) is 1. The van der Waals surface area contributed by atoms with E-state index in [0.29, 0.717) is 12.1 Å². The molecule has 0 bridgehead atoms. The van der Waals surface area contributed by atoms with Crippen LogP contribution in [0.5, 0.6) is 0 Å². The summed E-state index contributed by atoms with van der Waals surface area (Å²) in [5, 5.41) is 3.71. The van der Waals surface area contributed by atoms with Gasteiger partial charge in [0.25, 0.3) is 0 Å². The smallest absolute Gasteiger partial charge is 0.268 e. The SMILES string of the molecule is C=C(C)c1ccccc1C(CC)=NOS(C)(=O)=O. The van der Waals surface area contributed by atoms with Crippen LogP contribution in [-0.2, 0) is 14.4 Å². The van der Waals surface area contributed by atoms with Crippen molar-refractivity contribution < 1.29 is 12.7 Å². The third-order valence-electron chi connectivity index (χ3n) is 2.32. The van der Waals surface area contributed by atoms with Crippen molar-refractivity contribution in [3.8, 4) is 0 Å². The van der Waals surface area contributed by atoms with E-state index in [9.17, 15) is 8.42 Å². The van der Waals surface area contributed by atoms with Crippen LogP contribution in [0.1, 0.15) is 31.4 Å². The van der Waals surface area contributed by atoms with Gasteiger partial charge in [-0.15, -0.1) is 0 Å². The van der Waals surface area contributed by atoms with Crippen molar-refractivity contribution in [2.75, 3.05) is 6.26 Å². The molecule has 0 aliphatic rings. The Morgan fingerprint density at radius 2 is 1.89 bits per heavy atom. The largest absolute Gasteiger partial charge is 0.325 e. The number of oxime groups is 1. The van der Waals surface area contributed by atoms with Crippen molar-refractivity contribution in [2.45, 2.75) is 20.3 Å². The normalized spacial score (nSPS) is 12.3. The van der Waals surface area contributed by atoms with Crippen molar-refractivity contribution in [3.05, 3.63) is 42.0 Å². The summed E-state index contributed by atoms with van der Waals surface area (Å²) >= 11 is 0. The Morgan fingerprint density at radius 1 is 1.33 bits per heavy atom. The molecule has 5 heteroatoms. The lowest BCUT2D eigenvalue weighted by Gasteiger charge is -2.09. The third kappa shape index (κ3) is 4.00. The highest BCUT2D eigenvalue weighted by Gasteiger charge is 2.10. The Balaban J connectivity index is 3.21. The minimum absolute atomic E-state index is 0.569. The second-order valence-corrected chi connectivity index (χ2v) is 5.55. The molecule has 1 rings (SSSR count). The Morgan fingerprint density at radius 3 is 2.33 bits per heavy atom. The first-order chi connectivity index (χ1) is 8.35. The molecular formula is C13H17NO3S. The predicted molar refractivity (Wildman–Crippen MR) is 73.9 cm³/mol. The maximum absolute atomic E-state index is 11.0. The third-order valence-corrected chi connectivity index (χ3v) is 2.66. The molecule has 0 aliphatic carbocycles. The van der Waals surface area contributed by atoms with E-state index in [-0.39, 0.29) is 0 Å². The van der Waals surface area contributed by atoms with Crippen LogP contribution < -0.4 is 0 Å². The molecule has 0 radical (unpaired) electrons. The monoisotopic (exact) mass is 267 g/mol. The second kappa shape index (κ2) is 5.82. The van der Waals surface area contributed by atoms with E-state index in [1.807, 2.05) is 38.1 Å². The number of allylic oxidation sites excluding steroid dienone is 1. The lowest BCUT2D eigenvalue weighted by atomic mass is 9.97. The van der Waals surface area contributed by atoms with Crippen molar-refractivity contribution in [3.63, 3.8) is 0 Å². The molecule has 98 valence electrons. The number of hydrogen-bond donors (Lipinski definition) is 0. The molecule has 4 nitrogen and oxygen atoms in total. The summed E-state index contributed by atoms with van der Waals surface area (Å²) in [7, 11) is -3.58. The van der Waals surface area contributed by atoms with E-state index in [0.717, 1.165) is 23.0 Å². The van der Waals surface area contributed by atoms with Crippen LogP contribution in [0.25, 0.3) is 5.57 Å². The van der Waals surface area contributed by atoms with Gasteiger partial charge in [-0.2, -0.15) is 8.42 Å². The second-order valence-electron chi connectivity index (χ2n) is 4.00. The minimum atomic E-state index is -3.58. The van der Waals surface area contributed by atoms with Gasteiger partial charge >= 0.3 is 10.1 Å². The van der Waals surface area contributed by atoms with E-state index in [2.05, 4.69) is 16.0 Å². The molecular weight excluding hydrogens is 250 g/mol. The fourth-order valence-electron chi connectivity index (χ4n) is 1.52. The Kier molecular flexibility index (Phi) is 4.67. The van der Waals surface area contributed by atoms with Gasteiger partial charge < -0.3 is 0 Å². The van der Waals surface area contributed by atoms with Crippen LogP contribution in [0.15, 0.2) is 36.0 Å². The van der Waals surface area contributed by atoms with Crippen molar-refractivity contribution in [2.24, 2.45) is 5.16 Å². The van der Waals surface area contributed by atoms with Gasteiger partial charge in [-0.25, -0.2) is 0 Å². The minimum Gasteiger partial charge on any atom is -0.268 e. The summed E-state index contributed by atoms with van der Waals surface area (Å²) in [5.74, 6) is 0. The van der Waals surface area contributed by atoms with Gasteiger partial charge in [-0.3, -0.25) is 4.28 Å². The molecule has 0 spiro atoms. The zero-order chi connectivity index (χ0) is 13.8. The van der Waals surface area contributed by atoms with Crippen LogP contribution >= 0.6 is 0 Å². The Hall–Kier alpha value is -1.62. The van der Waals surface area contributed by atoms with Gasteiger partial charge in [0.1, 0.15) is 0 Å². The van der Waals surface area contributed by atoms with Crippen molar-refractivity contribution in [1.29, 1.82) is 0 Å². The molecule has 0 unspecified atom stereocenters. The highest BCUT2D eigenvalue weighted by atomic mass is 32.2. The summed E-state index contributed by atoms with van der Waals surface area (Å²) in [6.45, 7) is 7.68. The molecule has 0 heterocycles. The lowest BCUT2D eigenvalue weighted by Crippen LogP contribution is -2.06.